The molecule has 2 N–H and O–H groups in total. The van der Waals surface area contributed by atoms with Crippen LogP contribution in [0.3, 0.4) is 0 Å². The maximum absolute atomic E-state index is 11.7. The summed E-state index contributed by atoms with van der Waals surface area (Å²) in [6, 6.07) is 23.9. The first kappa shape index (κ1) is 19.8. The molecule has 0 fully saturated rings. The number of rotatable bonds is 5. The predicted octanol–water partition coefficient (Wildman–Crippen LogP) is 5.77. The number of nitrogens with zero attached hydrogens (tertiary/aromatic N) is 1. The number of nitrogens with one attached hydrogen (secondary N) is 2. The lowest BCUT2D eigenvalue weighted by molar-refractivity contribution is -0.119. The summed E-state index contributed by atoms with van der Waals surface area (Å²) in [7, 11) is 0. The van der Waals surface area contributed by atoms with Crippen LogP contribution >= 0.6 is 12.2 Å². The molecular formula is C24H21N3O2S. The Morgan fingerprint density at radius 1 is 0.967 bits per heavy atom. The number of aromatic nitrogens is 1. The fourth-order valence-corrected chi connectivity index (χ4v) is 3.37. The van der Waals surface area contributed by atoms with Gasteiger partial charge in [-0.3, -0.25) is 4.79 Å². The summed E-state index contributed by atoms with van der Waals surface area (Å²) in [6.45, 7) is 1.95. The largest absolute Gasteiger partial charge is 0.436 e. The molecule has 1 heterocycles. The van der Waals surface area contributed by atoms with Crippen LogP contribution in [0.25, 0.3) is 33.7 Å². The Kier molecular flexibility index (Phi) is 5.86. The van der Waals surface area contributed by atoms with Crippen LogP contribution in [0.2, 0.25) is 0 Å². The second-order valence-electron chi connectivity index (χ2n) is 6.90. The van der Waals surface area contributed by atoms with Crippen LogP contribution in [0.4, 0.5) is 5.69 Å². The van der Waals surface area contributed by atoms with Gasteiger partial charge in [0.1, 0.15) is 5.52 Å². The highest BCUT2D eigenvalue weighted by molar-refractivity contribution is 7.80. The zero-order chi connectivity index (χ0) is 20.9. The van der Waals surface area contributed by atoms with Crippen LogP contribution in [-0.4, -0.2) is 16.0 Å². The lowest BCUT2D eigenvalue weighted by atomic mass is 10.0. The van der Waals surface area contributed by atoms with Crippen LogP contribution < -0.4 is 10.6 Å². The van der Waals surface area contributed by atoms with Gasteiger partial charge >= 0.3 is 0 Å². The van der Waals surface area contributed by atoms with E-state index in [2.05, 4.69) is 39.9 Å². The van der Waals surface area contributed by atoms with Gasteiger partial charge in [-0.2, -0.15) is 0 Å². The molecule has 1 aromatic heterocycles. The minimum atomic E-state index is -0.0984. The van der Waals surface area contributed by atoms with E-state index in [-0.39, 0.29) is 11.0 Å². The van der Waals surface area contributed by atoms with Crippen molar-refractivity contribution < 1.29 is 9.21 Å². The molecule has 0 bridgehead atoms. The van der Waals surface area contributed by atoms with Crippen molar-refractivity contribution in [3.05, 3.63) is 72.8 Å². The Morgan fingerprint density at radius 2 is 1.67 bits per heavy atom. The second kappa shape index (κ2) is 8.88. The zero-order valence-electron chi connectivity index (χ0n) is 16.5. The number of thiocarbonyl (C=S) groups is 1. The zero-order valence-corrected chi connectivity index (χ0v) is 17.3. The van der Waals surface area contributed by atoms with E-state index in [1.165, 1.54) is 5.56 Å². The van der Waals surface area contributed by atoms with Gasteiger partial charge in [-0.25, -0.2) is 4.98 Å². The first-order chi connectivity index (χ1) is 14.6. The number of fused-ring (bicyclic) bond motifs is 1. The van der Waals surface area contributed by atoms with Gasteiger partial charge < -0.3 is 15.1 Å². The van der Waals surface area contributed by atoms with Crippen molar-refractivity contribution >= 4 is 40.0 Å². The van der Waals surface area contributed by atoms with Crippen LogP contribution in [0, 0.1) is 0 Å². The fourth-order valence-electron chi connectivity index (χ4n) is 3.14. The molecule has 150 valence electrons. The number of anilines is 1. The average Bonchev–Trinajstić information content (AvgIpc) is 3.18. The number of hydrogen-bond donors (Lipinski definition) is 2. The number of amides is 1. The lowest BCUT2D eigenvalue weighted by Crippen LogP contribution is -2.33. The fraction of sp³-hybridized carbons (Fsp3) is 0.125. The summed E-state index contributed by atoms with van der Waals surface area (Å²) in [4.78, 5) is 16.3. The van der Waals surface area contributed by atoms with Crippen LogP contribution in [0.1, 0.15) is 19.8 Å². The van der Waals surface area contributed by atoms with Crippen molar-refractivity contribution in [3.63, 3.8) is 0 Å². The average molecular weight is 416 g/mol. The quantitative estimate of drug-likeness (QED) is 0.405. The van der Waals surface area contributed by atoms with E-state index in [1.54, 1.807) is 0 Å². The molecule has 0 unspecified atom stereocenters. The van der Waals surface area contributed by atoms with Gasteiger partial charge in [-0.05, 0) is 60.1 Å². The van der Waals surface area contributed by atoms with Gasteiger partial charge in [0.15, 0.2) is 10.7 Å². The monoisotopic (exact) mass is 415 g/mol. The summed E-state index contributed by atoms with van der Waals surface area (Å²) in [5, 5.41) is 5.95. The molecule has 5 nitrogen and oxygen atoms in total. The van der Waals surface area contributed by atoms with Gasteiger partial charge in [0.05, 0.1) is 0 Å². The van der Waals surface area contributed by atoms with Crippen molar-refractivity contribution in [2.45, 2.75) is 19.8 Å². The topological polar surface area (TPSA) is 67.2 Å². The normalized spacial score (nSPS) is 10.7. The molecule has 0 radical (unpaired) electrons. The Hall–Kier alpha value is -3.51. The van der Waals surface area contributed by atoms with Gasteiger partial charge in [0.2, 0.25) is 11.8 Å². The number of carbonyl (C=O) groups is 1. The molecule has 3 aromatic carbocycles. The molecule has 0 atom stereocenters. The highest BCUT2D eigenvalue weighted by Gasteiger charge is 2.10. The number of carbonyl (C=O) groups excluding carboxylic acids is 1. The van der Waals surface area contributed by atoms with E-state index in [0.29, 0.717) is 23.4 Å². The molecule has 0 spiro atoms. The molecule has 4 aromatic rings. The van der Waals surface area contributed by atoms with Crippen molar-refractivity contribution in [1.29, 1.82) is 0 Å². The maximum atomic E-state index is 11.7. The molecule has 30 heavy (non-hydrogen) atoms. The predicted molar refractivity (Wildman–Crippen MR) is 124 cm³/mol. The molecule has 0 saturated heterocycles. The summed E-state index contributed by atoms with van der Waals surface area (Å²) in [6.07, 6.45) is 1.21. The molecular weight excluding hydrogens is 394 g/mol. The summed E-state index contributed by atoms with van der Waals surface area (Å²) in [5.74, 6) is 0.458. The van der Waals surface area contributed by atoms with Crippen molar-refractivity contribution in [3.8, 4) is 22.6 Å². The minimum absolute atomic E-state index is 0.0984. The van der Waals surface area contributed by atoms with Crippen molar-refractivity contribution in [1.82, 2.24) is 10.3 Å². The molecule has 4 rings (SSSR count). The van der Waals surface area contributed by atoms with E-state index >= 15 is 0 Å². The van der Waals surface area contributed by atoms with E-state index in [9.17, 15) is 4.79 Å². The third kappa shape index (κ3) is 4.55. The van der Waals surface area contributed by atoms with E-state index in [0.717, 1.165) is 23.2 Å². The van der Waals surface area contributed by atoms with E-state index in [4.69, 9.17) is 16.6 Å². The highest BCUT2D eigenvalue weighted by Crippen LogP contribution is 2.28. The molecule has 6 heteroatoms. The van der Waals surface area contributed by atoms with E-state index < -0.39 is 0 Å². The first-order valence-electron chi connectivity index (χ1n) is 9.79. The van der Waals surface area contributed by atoms with E-state index in [1.807, 2.05) is 55.5 Å². The van der Waals surface area contributed by atoms with Crippen LogP contribution in [0.15, 0.2) is 77.2 Å². The maximum Gasteiger partial charge on any atom is 0.227 e. The van der Waals surface area contributed by atoms with Gasteiger partial charge in [-0.15, -0.1) is 0 Å². The summed E-state index contributed by atoms with van der Waals surface area (Å²) >= 11 is 5.20. The minimum Gasteiger partial charge on any atom is -0.436 e. The Bertz CT molecular complexity index is 1180. The Balaban J connectivity index is 1.51. The standard InChI is InChI=1S/C24H21N3O2S/c1-2-6-22(28)27-24(30)25-19-13-14-21-20(15-19)26-23(29-21)18-11-9-17(10-12-18)16-7-4-3-5-8-16/h3-5,7-15H,2,6H2,1H3,(H2,25,27,28,30). The highest BCUT2D eigenvalue weighted by atomic mass is 32.1. The Labute approximate surface area is 180 Å². The molecule has 0 aliphatic heterocycles. The second-order valence-corrected chi connectivity index (χ2v) is 7.31. The molecule has 1 amide bonds. The van der Waals surface area contributed by atoms with Crippen LogP contribution in [0.5, 0.6) is 0 Å². The number of oxazole rings is 1. The molecule has 0 saturated carbocycles. The number of hydrogen-bond acceptors (Lipinski definition) is 4. The van der Waals surface area contributed by atoms with Gasteiger partial charge in [0.25, 0.3) is 0 Å². The number of benzene rings is 3. The molecule has 0 aliphatic rings. The third-order valence-corrected chi connectivity index (χ3v) is 4.82. The summed E-state index contributed by atoms with van der Waals surface area (Å²) < 4.78 is 5.91. The first-order valence-corrected chi connectivity index (χ1v) is 10.2. The third-order valence-electron chi connectivity index (χ3n) is 4.61. The lowest BCUT2D eigenvalue weighted by Gasteiger charge is -2.08. The van der Waals surface area contributed by atoms with Crippen molar-refractivity contribution in [2.75, 3.05) is 5.32 Å². The van der Waals surface area contributed by atoms with Gasteiger partial charge in [0, 0.05) is 17.7 Å². The van der Waals surface area contributed by atoms with Gasteiger partial charge in [-0.1, -0.05) is 49.4 Å². The Morgan fingerprint density at radius 3 is 2.40 bits per heavy atom. The smallest absolute Gasteiger partial charge is 0.227 e. The van der Waals surface area contributed by atoms with Crippen molar-refractivity contribution in [2.24, 2.45) is 0 Å². The summed E-state index contributed by atoms with van der Waals surface area (Å²) in [5.41, 5.74) is 5.35. The molecule has 0 aliphatic carbocycles. The van der Waals surface area contributed by atoms with Crippen LogP contribution in [-0.2, 0) is 4.79 Å². The SMILES string of the molecule is CCCC(=O)NC(=S)Nc1ccc2oc(-c3ccc(-c4ccccc4)cc3)nc2c1.